The van der Waals surface area contributed by atoms with E-state index in [1.54, 1.807) is 18.2 Å². The Balaban J connectivity index is 1.20. The molecule has 0 bridgehead atoms. The Morgan fingerprint density at radius 1 is 0.976 bits per heavy atom. The Morgan fingerprint density at radius 2 is 1.73 bits per heavy atom. The number of hydrogen-bond acceptors (Lipinski definition) is 11. The number of rotatable bonds is 9. The molecule has 0 amide bonds. The van der Waals surface area contributed by atoms with Crippen LogP contribution in [0.25, 0.3) is 11.1 Å². The molecule has 1 unspecified atom stereocenters. The summed E-state index contributed by atoms with van der Waals surface area (Å²) < 4.78 is 15.9. The van der Waals surface area contributed by atoms with Gasteiger partial charge in [0.1, 0.15) is 6.10 Å². The van der Waals surface area contributed by atoms with Crippen molar-refractivity contribution in [3.8, 4) is 11.1 Å². The number of para-hydroxylation sites is 1. The summed E-state index contributed by atoms with van der Waals surface area (Å²) >= 11 is 0. The first-order chi connectivity index (χ1) is 20.0. The van der Waals surface area contributed by atoms with E-state index in [1.165, 1.54) is 6.92 Å². The van der Waals surface area contributed by atoms with Gasteiger partial charge in [-0.1, -0.05) is 61.0 Å². The van der Waals surface area contributed by atoms with Crippen molar-refractivity contribution >= 4 is 29.3 Å². The van der Waals surface area contributed by atoms with Crippen LogP contribution in [0.3, 0.4) is 0 Å². The molecule has 0 spiro atoms. The number of amidine groups is 1. The molecule has 1 heterocycles. The highest BCUT2D eigenvalue weighted by molar-refractivity contribution is 6.04. The van der Waals surface area contributed by atoms with Crippen LogP contribution in [0, 0.1) is 0 Å². The van der Waals surface area contributed by atoms with Gasteiger partial charge in [0.05, 0.1) is 16.9 Å². The quantitative estimate of drug-likeness (QED) is 0.141. The van der Waals surface area contributed by atoms with Gasteiger partial charge >= 0.3 is 12.1 Å². The summed E-state index contributed by atoms with van der Waals surface area (Å²) in [5, 5.41) is 7.47. The number of hydrazine groups is 2. The first-order valence-electron chi connectivity index (χ1n) is 13.7. The van der Waals surface area contributed by atoms with E-state index in [1.807, 2.05) is 48.5 Å². The van der Waals surface area contributed by atoms with E-state index >= 15 is 0 Å². The lowest BCUT2D eigenvalue weighted by atomic mass is 9.98. The highest BCUT2D eigenvalue weighted by atomic mass is 16.8. The highest BCUT2D eigenvalue weighted by Crippen LogP contribution is 2.28. The number of nitrogens with two attached hydrogens (primary N) is 1. The molecule has 11 nitrogen and oxygen atoms in total. The number of benzene rings is 3. The second kappa shape index (κ2) is 13.1. The molecule has 214 valence electrons. The number of ether oxygens (including phenoxy) is 3. The fourth-order valence-corrected chi connectivity index (χ4v) is 4.92. The number of carbonyl (C=O) groups excluding carboxylic acids is 2. The van der Waals surface area contributed by atoms with Crippen molar-refractivity contribution in [3.05, 3.63) is 83.4 Å². The first kappa shape index (κ1) is 27.8. The highest BCUT2D eigenvalue weighted by Gasteiger charge is 2.23. The Kier molecular flexibility index (Phi) is 8.85. The van der Waals surface area contributed by atoms with Gasteiger partial charge in [0.15, 0.2) is 5.84 Å². The minimum Gasteiger partial charge on any atom is -0.431 e. The van der Waals surface area contributed by atoms with Crippen LogP contribution in [0.4, 0.5) is 16.2 Å². The number of carbonyl (C=O) groups is 2. The third-order valence-electron chi connectivity index (χ3n) is 6.99. The minimum absolute atomic E-state index is 0.152. The summed E-state index contributed by atoms with van der Waals surface area (Å²) in [4.78, 5) is 25.1. The van der Waals surface area contributed by atoms with Crippen LogP contribution in [-0.4, -0.2) is 30.4 Å². The molecule has 3 aromatic rings. The molecule has 3 aromatic carbocycles. The molecule has 11 heteroatoms. The molecular weight excluding hydrogens is 524 g/mol. The van der Waals surface area contributed by atoms with E-state index in [0.29, 0.717) is 23.8 Å². The van der Waals surface area contributed by atoms with E-state index in [2.05, 4.69) is 26.9 Å². The molecule has 0 aromatic heterocycles. The SMILES string of the molecule is CC(OC(=O)OC1CCCCC1)OC(=O)c1cccc(N)c1NCc1ccc(-c2ccccc2C2=NNNN2)cc1. The number of anilines is 2. The van der Waals surface area contributed by atoms with Crippen LogP contribution in [-0.2, 0) is 20.8 Å². The lowest BCUT2D eigenvalue weighted by Crippen LogP contribution is -2.35. The van der Waals surface area contributed by atoms with Crippen molar-refractivity contribution in [1.29, 1.82) is 0 Å². The van der Waals surface area contributed by atoms with Crippen LogP contribution in [0.1, 0.15) is 60.5 Å². The molecule has 6 N–H and O–H groups in total. The fraction of sp³-hybridized carbons (Fsp3) is 0.300. The molecule has 2 aliphatic rings. The Morgan fingerprint density at radius 3 is 2.46 bits per heavy atom. The Hall–Kier alpha value is -4.77. The molecule has 1 aliphatic carbocycles. The Bertz CT molecular complexity index is 1400. The van der Waals surface area contributed by atoms with E-state index in [4.69, 9.17) is 19.9 Å². The van der Waals surface area contributed by atoms with Crippen LogP contribution < -0.4 is 27.5 Å². The maximum absolute atomic E-state index is 13.0. The summed E-state index contributed by atoms with van der Waals surface area (Å²) in [7, 11) is 0. The number of hydrazone groups is 1. The number of nitrogens with zero attached hydrogens (tertiary/aromatic N) is 1. The molecule has 5 rings (SSSR count). The zero-order valence-corrected chi connectivity index (χ0v) is 22.8. The van der Waals surface area contributed by atoms with Gasteiger partial charge in [0.2, 0.25) is 6.29 Å². The molecule has 41 heavy (non-hydrogen) atoms. The summed E-state index contributed by atoms with van der Waals surface area (Å²) in [6, 6.07) is 21.0. The maximum Gasteiger partial charge on any atom is 0.511 e. The van der Waals surface area contributed by atoms with Crippen LogP contribution in [0.2, 0.25) is 0 Å². The topological polar surface area (TPSA) is 148 Å². The molecule has 0 radical (unpaired) electrons. The predicted molar refractivity (Wildman–Crippen MR) is 155 cm³/mol. The van der Waals surface area contributed by atoms with Crippen molar-refractivity contribution < 1.29 is 23.8 Å². The monoisotopic (exact) mass is 558 g/mol. The van der Waals surface area contributed by atoms with Gasteiger partial charge in [-0.3, -0.25) is 5.43 Å². The number of hydrogen-bond donors (Lipinski definition) is 5. The average molecular weight is 559 g/mol. The fourth-order valence-electron chi connectivity index (χ4n) is 4.92. The lowest BCUT2D eigenvalue weighted by molar-refractivity contribution is -0.0914. The molecule has 1 saturated carbocycles. The summed E-state index contributed by atoms with van der Waals surface area (Å²) in [6.45, 7) is 1.89. The smallest absolute Gasteiger partial charge is 0.431 e. The standard InChI is InChI=1S/C30H34N6O5/c1-19(40-30(38)41-22-8-3-2-4-9-22)39-29(37)25-12-7-13-26(31)27(25)32-18-20-14-16-21(17-15-20)23-10-5-6-11-24(23)28-33-35-36-34-28/h5-7,10-17,19,22,32,35-36H,2-4,8-9,18,31H2,1H3,(H,33,34). The average Bonchev–Trinajstić information content (AvgIpc) is 3.52. The van der Waals surface area contributed by atoms with Crippen molar-refractivity contribution in [1.82, 2.24) is 16.5 Å². The third kappa shape index (κ3) is 7.06. The van der Waals surface area contributed by atoms with Gasteiger partial charge in [0, 0.05) is 19.0 Å². The second-order valence-electron chi connectivity index (χ2n) is 9.91. The lowest BCUT2D eigenvalue weighted by Gasteiger charge is -2.22. The molecule has 1 fully saturated rings. The van der Waals surface area contributed by atoms with Crippen LogP contribution in [0.15, 0.2) is 71.8 Å². The summed E-state index contributed by atoms with van der Waals surface area (Å²) in [5.41, 5.74) is 19.7. The summed E-state index contributed by atoms with van der Waals surface area (Å²) in [6.07, 6.45) is 2.71. The van der Waals surface area contributed by atoms with Crippen molar-refractivity contribution in [2.45, 2.75) is 58.0 Å². The van der Waals surface area contributed by atoms with Crippen molar-refractivity contribution in [2.75, 3.05) is 11.1 Å². The zero-order valence-electron chi connectivity index (χ0n) is 22.8. The first-order valence-corrected chi connectivity index (χ1v) is 13.7. The van der Waals surface area contributed by atoms with Gasteiger partial charge in [0.25, 0.3) is 0 Å². The van der Waals surface area contributed by atoms with E-state index in [-0.39, 0.29) is 11.7 Å². The van der Waals surface area contributed by atoms with E-state index in [0.717, 1.165) is 54.4 Å². The molecular formula is C30H34N6O5. The van der Waals surface area contributed by atoms with Gasteiger partial charge in [-0.2, -0.15) is 0 Å². The summed E-state index contributed by atoms with van der Waals surface area (Å²) in [5.74, 6) is 0.0308. The van der Waals surface area contributed by atoms with Crippen molar-refractivity contribution in [2.24, 2.45) is 5.10 Å². The van der Waals surface area contributed by atoms with Gasteiger partial charge in [-0.25, -0.2) is 15.1 Å². The van der Waals surface area contributed by atoms with Gasteiger partial charge in [-0.15, -0.1) is 10.6 Å². The van der Waals surface area contributed by atoms with Gasteiger partial charge in [-0.05, 0) is 54.5 Å². The van der Waals surface area contributed by atoms with Crippen LogP contribution in [0.5, 0.6) is 0 Å². The zero-order chi connectivity index (χ0) is 28.6. The third-order valence-corrected chi connectivity index (χ3v) is 6.99. The molecule has 1 aliphatic heterocycles. The molecule has 0 saturated heterocycles. The van der Waals surface area contributed by atoms with Crippen LogP contribution >= 0.6 is 0 Å². The number of nitrogens with one attached hydrogen (secondary N) is 4. The van der Waals surface area contributed by atoms with Gasteiger partial charge < -0.3 is 25.3 Å². The number of nitrogen functional groups attached to an aromatic ring is 1. The molecule has 1 atom stereocenters. The van der Waals surface area contributed by atoms with E-state index < -0.39 is 18.4 Å². The minimum atomic E-state index is -1.12. The second-order valence-corrected chi connectivity index (χ2v) is 9.91. The van der Waals surface area contributed by atoms with Crippen molar-refractivity contribution in [3.63, 3.8) is 0 Å². The van der Waals surface area contributed by atoms with E-state index in [9.17, 15) is 9.59 Å². The Labute approximate surface area is 238 Å². The maximum atomic E-state index is 13.0. The predicted octanol–water partition coefficient (Wildman–Crippen LogP) is 4.81. The largest absolute Gasteiger partial charge is 0.511 e. The normalized spacial score (nSPS) is 15.6. The number of esters is 1.